The number of aromatic nitrogens is 1. The third-order valence-corrected chi connectivity index (χ3v) is 4.10. The minimum atomic E-state index is -0.451. The largest absolute Gasteiger partial charge is 0.495 e. The Morgan fingerprint density at radius 2 is 1.70 bits per heavy atom. The van der Waals surface area contributed by atoms with Crippen molar-refractivity contribution in [3.63, 3.8) is 0 Å². The van der Waals surface area contributed by atoms with Gasteiger partial charge in [-0.1, -0.05) is 13.8 Å². The van der Waals surface area contributed by atoms with Crippen molar-refractivity contribution in [2.45, 2.75) is 58.7 Å². The summed E-state index contributed by atoms with van der Waals surface area (Å²) < 4.78 is 12.0. The van der Waals surface area contributed by atoms with E-state index in [0.29, 0.717) is 5.69 Å². The van der Waals surface area contributed by atoms with E-state index in [0.717, 1.165) is 11.2 Å². The van der Waals surface area contributed by atoms with Gasteiger partial charge in [0.2, 0.25) is 0 Å². The second-order valence-corrected chi connectivity index (χ2v) is 6.57. The van der Waals surface area contributed by atoms with Gasteiger partial charge in [-0.3, -0.25) is 0 Å². The molecule has 20 heavy (non-hydrogen) atoms. The van der Waals surface area contributed by atoms with E-state index in [1.54, 1.807) is 6.07 Å². The summed E-state index contributed by atoms with van der Waals surface area (Å²) >= 11 is 0. The molecule has 4 nitrogen and oxygen atoms in total. The molecule has 0 aliphatic carbocycles. The van der Waals surface area contributed by atoms with Gasteiger partial charge in [-0.15, -0.1) is 0 Å². The van der Waals surface area contributed by atoms with Crippen LogP contribution in [0.3, 0.4) is 0 Å². The Hall–Kier alpha value is -1.38. The lowest BCUT2D eigenvalue weighted by molar-refractivity contribution is 0.00578. The minimum absolute atomic E-state index is 0.254. The van der Waals surface area contributed by atoms with Crippen LogP contribution in [0.5, 0.6) is 0 Å². The molecule has 0 spiro atoms. The molecule has 0 saturated carbocycles. The maximum absolute atomic E-state index is 9.12. The highest BCUT2D eigenvalue weighted by Gasteiger charge is 2.51. The zero-order valence-electron chi connectivity index (χ0n) is 13.0. The molecule has 0 aromatic carbocycles. The Kier molecular flexibility index (Phi) is 3.66. The van der Waals surface area contributed by atoms with Gasteiger partial charge in [0.1, 0.15) is 11.8 Å². The van der Waals surface area contributed by atoms with E-state index in [4.69, 9.17) is 14.6 Å². The molecule has 2 heterocycles. The van der Waals surface area contributed by atoms with Gasteiger partial charge in [0.25, 0.3) is 0 Å². The van der Waals surface area contributed by atoms with Crippen LogP contribution in [0.4, 0.5) is 0 Å². The molecule has 0 unspecified atom stereocenters. The summed E-state index contributed by atoms with van der Waals surface area (Å²) in [6.45, 7) is 12.2. The molecule has 1 fully saturated rings. The van der Waals surface area contributed by atoms with Crippen LogP contribution in [-0.2, 0) is 9.31 Å². The molecule has 0 atom stereocenters. The molecule has 1 aliphatic rings. The van der Waals surface area contributed by atoms with Crippen LogP contribution in [0.15, 0.2) is 12.1 Å². The van der Waals surface area contributed by atoms with E-state index in [-0.39, 0.29) is 17.1 Å². The van der Waals surface area contributed by atoms with Crippen molar-refractivity contribution in [2.24, 2.45) is 0 Å². The van der Waals surface area contributed by atoms with Gasteiger partial charge in [-0.05, 0) is 51.2 Å². The summed E-state index contributed by atoms with van der Waals surface area (Å²) in [5, 5.41) is 9.12. The molecule has 0 bridgehead atoms. The van der Waals surface area contributed by atoms with Crippen LogP contribution in [0.2, 0.25) is 0 Å². The molecule has 0 N–H and O–H groups in total. The molecular formula is C15H21BN2O2. The average Bonchev–Trinajstić information content (AvgIpc) is 2.58. The summed E-state index contributed by atoms with van der Waals surface area (Å²) in [4.78, 5) is 4.32. The number of hydrogen-bond donors (Lipinski definition) is 0. The van der Waals surface area contributed by atoms with Gasteiger partial charge in [0.05, 0.1) is 11.2 Å². The van der Waals surface area contributed by atoms with Crippen molar-refractivity contribution in [2.75, 3.05) is 0 Å². The number of hydrogen-bond acceptors (Lipinski definition) is 4. The molecule has 0 amide bonds. The molecule has 1 aromatic rings. The monoisotopic (exact) mass is 272 g/mol. The summed E-state index contributed by atoms with van der Waals surface area (Å²) in [7, 11) is -0.451. The highest BCUT2D eigenvalue weighted by atomic mass is 16.7. The lowest BCUT2D eigenvalue weighted by atomic mass is 9.78. The molecular weight excluding hydrogens is 251 g/mol. The third-order valence-electron chi connectivity index (χ3n) is 4.10. The van der Waals surface area contributed by atoms with Crippen LogP contribution in [0.25, 0.3) is 0 Å². The number of nitriles is 1. The predicted molar refractivity (Wildman–Crippen MR) is 78.8 cm³/mol. The highest BCUT2D eigenvalue weighted by molar-refractivity contribution is 6.62. The second kappa shape index (κ2) is 4.87. The molecule has 0 radical (unpaired) electrons. The predicted octanol–water partition coefficient (Wildman–Crippen LogP) is 2.38. The molecule has 5 heteroatoms. The topological polar surface area (TPSA) is 55.1 Å². The van der Waals surface area contributed by atoms with E-state index in [1.807, 2.05) is 33.8 Å². The van der Waals surface area contributed by atoms with E-state index < -0.39 is 7.12 Å². The van der Waals surface area contributed by atoms with E-state index in [2.05, 4.69) is 24.9 Å². The first-order valence-corrected chi connectivity index (χ1v) is 6.94. The Morgan fingerprint density at radius 3 is 2.15 bits per heavy atom. The number of rotatable bonds is 2. The zero-order chi connectivity index (χ0) is 15.1. The number of pyridine rings is 1. The quantitative estimate of drug-likeness (QED) is 0.775. The van der Waals surface area contributed by atoms with Gasteiger partial charge in [0, 0.05) is 5.69 Å². The van der Waals surface area contributed by atoms with Crippen molar-refractivity contribution in [1.29, 1.82) is 5.26 Å². The van der Waals surface area contributed by atoms with Crippen molar-refractivity contribution in [3.05, 3.63) is 23.5 Å². The van der Waals surface area contributed by atoms with Gasteiger partial charge in [0.15, 0.2) is 0 Å². The Morgan fingerprint density at radius 1 is 1.15 bits per heavy atom. The normalized spacial score (nSPS) is 20.2. The zero-order valence-corrected chi connectivity index (χ0v) is 13.0. The SMILES string of the molecule is CC(C)c1cc(B2OC(C)(C)C(C)(C)O2)cc(C#N)n1. The van der Waals surface area contributed by atoms with Crippen LogP contribution < -0.4 is 5.46 Å². The molecule has 106 valence electrons. The highest BCUT2D eigenvalue weighted by Crippen LogP contribution is 2.36. The van der Waals surface area contributed by atoms with Crippen molar-refractivity contribution in [1.82, 2.24) is 4.98 Å². The van der Waals surface area contributed by atoms with Gasteiger partial charge in [-0.2, -0.15) is 5.26 Å². The second-order valence-electron chi connectivity index (χ2n) is 6.57. The Balaban J connectivity index is 2.40. The first kappa shape index (κ1) is 15.0. The molecule has 1 aromatic heterocycles. The molecule has 1 saturated heterocycles. The fraction of sp³-hybridized carbons (Fsp3) is 0.600. The van der Waals surface area contributed by atoms with Crippen molar-refractivity contribution < 1.29 is 9.31 Å². The fourth-order valence-corrected chi connectivity index (χ4v) is 2.04. The van der Waals surface area contributed by atoms with Crippen molar-refractivity contribution >= 4 is 12.6 Å². The van der Waals surface area contributed by atoms with E-state index >= 15 is 0 Å². The first-order valence-electron chi connectivity index (χ1n) is 6.94. The smallest absolute Gasteiger partial charge is 0.399 e. The lowest BCUT2D eigenvalue weighted by Crippen LogP contribution is -2.41. The molecule has 1 aliphatic heterocycles. The minimum Gasteiger partial charge on any atom is -0.399 e. The van der Waals surface area contributed by atoms with Gasteiger partial charge in [-0.25, -0.2) is 4.98 Å². The maximum Gasteiger partial charge on any atom is 0.495 e. The van der Waals surface area contributed by atoms with E-state index in [1.165, 1.54) is 0 Å². The summed E-state index contributed by atoms with van der Waals surface area (Å²) in [6.07, 6.45) is 0. The molecule has 2 rings (SSSR count). The van der Waals surface area contributed by atoms with Crippen LogP contribution in [0.1, 0.15) is 58.8 Å². The maximum atomic E-state index is 9.12. The van der Waals surface area contributed by atoms with Crippen molar-refractivity contribution in [3.8, 4) is 6.07 Å². The summed E-state index contributed by atoms with van der Waals surface area (Å²) in [5.74, 6) is 0.254. The van der Waals surface area contributed by atoms with Crippen LogP contribution in [0, 0.1) is 11.3 Å². The third kappa shape index (κ3) is 2.58. The average molecular weight is 272 g/mol. The number of nitrogens with zero attached hydrogens (tertiary/aromatic N) is 2. The summed E-state index contributed by atoms with van der Waals surface area (Å²) in [6, 6.07) is 5.82. The van der Waals surface area contributed by atoms with Gasteiger partial charge >= 0.3 is 7.12 Å². The van der Waals surface area contributed by atoms with Crippen LogP contribution >= 0.6 is 0 Å². The summed E-state index contributed by atoms with van der Waals surface area (Å²) in [5.41, 5.74) is 1.38. The Bertz CT molecular complexity index is 545. The van der Waals surface area contributed by atoms with E-state index in [9.17, 15) is 0 Å². The standard InChI is InChI=1S/C15H21BN2O2/c1-10(2)13-8-11(7-12(9-17)18-13)16-19-14(3,4)15(5,6)20-16/h7-8,10H,1-6H3. The fourth-order valence-electron chi connectivity index (χ4n) is 2.04. The Labute approximate surface area is 121 Å². The lowest BCUT2D eigenvalue weighted by Gasteiger charge is -2.32. The van der Waals surface area contributed by atoms with Gasteiger partial charge < -0.3 is 9.31 Å². The van der Waals surface area contributed by atoms with Crippen LogP contribution in [-0.4, -0.2) is 23.3 Å². The first-order chi connectivity index (χ1) is 9.16.